The van der Waals surface area contributed by atoms with Gasteiger partial charge in [0.1, 0.15) is 11.3 Å². The molecule has 1 aliphatic carbocycles. The van der Waals surface area contributed by atoms with Crippen molar-refractivity contribution in [3.63, 3.8) is 0 Å². The van der Waals surface area contributed by atoms with Crippen LogP contribution in [-0.2, 0) is 10.0 Å². The molecule has 174 valence electrons. The first-order valence-corrected chi connectivity index (χ1v) is 12.5. The van der Waals surface area contributed by atoms with Crippen LogP contribution in [0.25, 0.3) is 11.0 Å². The molecule has 8 nitrogen and oxygen atoms in total. The number of nitrogens with one attached hydrogen (secondary N) is 1. The maximum atomic E-state index is 13.2. The summed E-state index contributed by atoms with van der Waals surface area (Å²) in [5, 5.41) is 3.23. The fourth-order valence-corrected chi connectivity index (χ4v) is 6.13. The van der Waals surface area contributed by atoms with E-state index in [9.17, 15) is 18.0 Å². The van der Waals surface area contributed by atoms with Crippen LogP contribution in [0.1, 0.15) is 59.9 Å². The largest absolute Gasteiger partial charge is 0.449 e. The number of nitrogens with two attached hydrogens (primary N) is 1. The number of fused-ring (bicyclic) bond motifs is 1. The Morgan fingerprint density at radius 2 is 1.73 bits per heavy atom. The lowest BCUT2D eigenvalue weighted by Crippen LogP contribution is -2.41. The van der Waals surface area contributed by atoms with Crippen LogP contribution in [0, 0.1) is 0 Å². The number of anilines is 1. The number of sulfonamides is 1. The highest BCUT2D eigenvalue weighted by molar-refractivity contribution is 7.89. The molecule has 0 saturated heterocycles. The topological polar surface area (TPSA) is 123 Å². The summed E-state index contributed by atoms with van der Waals surface area (Å²) in [7, 11) is -3.66. The molecule has 0 atom stereocenters. The van der Waals surface area contributed by atoms with Gasteiger partial charge in [-0.15, -0.1) is 0 Å². The number of nitrogens with zero attached hydrogens (tertiary/aromatic N) is 1. The van der Waals surface area contributed by atoms with Crippen LogP contribution in [0.5, 0.6) is 0 Å². The fraction of sp³-hybridized carbons (Fsp3) is 0.333. The Morgan fingerprint density at radius 1 is 1.06 bits per heavy atom. The number of hydrogen-bond acceptors (Lipinski definition) is 5. The van der Waals surface area contributed by atoms with Gasteiger partial charge in [0.15, 0.2) is 0 Å². The predicted octanol–water partition coefficient (Wildman–Crippen LogP) is 4.13. The van der Waals surface area contributed by atoms with Crippen LogP contribution in [0.3, 0.4) is 0 Å². The van der Waals surface area contributed by atoms with Crippen LogP contribution in [0.2, 0.25) is 0 Å². The number of benzene rings is 2. The van der Waals surface area contributed by atoms with E-state index >= 15 is 0 Å². The maximum Gasteiger partial charge on any atom is 0.286 e. The summed E-state index contributed by atoms with van der Waals surface area (Å²) < 4.78 is 33.5. The summed E-state index contributed by atoms with van der Waals surface area (Å²) in [4.78, 5) is 24.8. The average Bonchev–Trinajstić information content (AvgIpc) is 3.19. The van der Waals surface area contributed by atoms with Crippen LogP contribution in [0.15, 0.2) is 57.8 Å². The molecule has 1 saturated carbocycles. The van der Waals surface area contributed by atoms with Crippen LogP contribution in [0.4, 0.5) is 5.69 Å². The van der Waals surface area contributed by atoms with Gasteiger partial charge in [0.05, 0.1) is 4.90 Å². The Kier molecular flexibility index (Phi) is 6.53. The Bertz CT molecular complexity index is 1280. The molecule has 3 N–H and O–H groups in total. The fourth-order valence-electron chi connectivity index (χ4n) is 4.44. The van der Waals surface area contributed by atoms with Gasteiger partial charge in [-0.25, -0.2) is 8.42 Å². The second kappa shape index (κ2) is 9.36. The van der Waals surface area contributed by atoms with Gasteiger partial charge in [-0.2, -0.15) is 4.31 Å². The van der Waals surface area contributed by atoms with E-state index in [-0.39, 0.29) is 27.9 Å². The molecule has 0 bridgehead atoms. The van der Waals surface area contributed by atoms with E-state index in [1.54, 1.807) is 28.6 Å². The van der Waals surface area contributed by atoms with Crippen molar-refractivity contribution < 1.29 is 22.4 Å². The number of rotatable bonds is 7. The molecule has 33 heavy (non-hydrogen) atoms. The summed E-state index contributed by atoms with van der Waals surface area (Å²) in [5.74, 6) is -1.45. The monoisotopic (exact) mass is 469 g/mol. The molecule has 2 aromatic carbocycles. The van der Waals surface area contributed by atoms with E-state index in [2.05, 4.69) is 5.32 Å². The zero-order chi connectivity index (χ0) is 23.6. The van der Waals surface area contributed by atoms with Gasteiger partial charge in [0.25, 0.3) is 11.8 Å². The molecule has 1 fully saturated rings. The van der Waals surface area contributed by atoms with Gasteiger partial charge < -0.3 is 15.5 Å². The van der Waals surface area contributed by atoms with Gasteiger partial charge in [-0.1, -0.05) is 38.3 Å². The summed E-state index contributed by atoms with van der Waals surface area (Å²) in [6, 6.07) is 12.7. The highest BCUT2D eigenvalue weighted by atomic mass is 32.2. The lowest BCUT2D eigenvalue weighted by molar-refractivity contribution is 0.0977. The molecule has 0 aliphatic heterocycles. The second-order valence-electron chi connectivity index (χ2n) is 8.15. The molecule has 0 unspecified atom stereocenters. The Hall–Kier alpha value is -3.17. The van der Waals surface area contributed by atoms with Crippen molar-refractivity contribution in [2.24, 2.45) is 5.73 Å². The number of carbonyl (C=O) groups excluding carboxylic acids is 2. The number of furan rings is 1. The van der Waals surface area contributed by atoms with E-state index in [1.165, 1.54) is 24.3 Å². The normalized spacial score (nSPS) is 15.1. The van der Waals surface area contributed by atoms with Crippen LogP contribution < -0.4 is 11.1 Å². The first-order chi connectivity index (χ1) is 15.8. The standard InChI is InChI=1S/C24H27N3O5S/c1-2-27(17-8-4-3-5-9-17)33(30,31)18-14-12-16(13-15-18)24(29)26-21-19-10-6-7-11-20(19)32-22(21)23(25)28/h6-7,10-15,17H,2-5,8-9H2,1H3,(H2,25,28)(H,26,29). The van der Waals surface area contributed by atoms with Crippen molar-refractivity contribution in [2.75, 3.05) is 11.9 Å². The van der Waals surface area contributed by atoms with Crippen molar-refractivity contribution in [1.29, 1.82) is 0 Å². The van der Waals surface area contributed by atoms with Gasteiger partial charge in [0, 0.05) is 23.5 Å². The average molecular weight is 470 g/mol. The molecule has 4 rings (SSSR count). The molecule has 1 heterocycles. The molecular weight excluding hydrogens is 442 g/mol. The summed E-state index contributed by atoms with van der Waals surface area (Å²) in [5.41, 5.74) is 6.26. The Morgan fingerprint density at radius 3 is 2.36 bits per heavy atom. The van der Waals surface area contributed by atoms with E-state index in [4.69, 9.17) is 10.2 Å². The predicted molar refractivity (Wildman–Crippen MR) is 126 cm³/mol. The lowest BCUT2D eigenvalue weighted by atomic mass is 9.95. The third kappa shape index (κ3) is 4.51. The minimum absolute atomic E-state index is 0.0123. The van der Waals surface area contributed by atoms with Crippen molar-refractivity contribution in [3.05, 3.63) is 59.9 Å². The summed E-state index contributed by atoms with van der Waals surface area (Å²) >= 11 is 0. The molecule has 0 radical (unpaired) electrons. The van der Waals surface area contributed by atoms with E-state index in [1.807, 2.05) is 6.92 Å². The first kappa shape index (κ1) is 23.0. The van der Waals surface area contributed by atoms with Crippen molar-refractivity contribution in [1.82, 2.24) is 4.31 Å². The van der Waals surface area contributed by atoms with Gasteiger partial charge in [-0.05, 0) is 49.2 Å². The second-order valence-corrected chi connectivity index (χ2v) is 10.0. The van der Waals surface area contributed by atoms with Crippen molar-refractivity contribution in [2.45, 2.75) is 50.0 Å². The quantitative estimate of drug-likeness (QED) is 0.539. The molecular formula is C24H27N3O5S. The summed E-state index contributed by atoms with van der Waals surface area (Å²) in [6.45, 7) is 2.25. The first-order valence-electron chi connectivity index (χ1n) is 11.1. The number of para-hydroxylation sites is 1. The van der Waals surface area contributed by atoms with E-state index < -0.39 is 21.8 Å². The number of amides is 2. The molecule has 1 aliphatic rings. The molecule has 0 spiro atoms. The van der Waals surface area contributed by atoms with Gasteiger partial charge in [0.2, 0.25) is 15.8 Å². The van der Waals surface area contributed by atoms with Gasteiger partial charge in [-0.3, -0.25) is 9.59 Å². The van der Waals surface area contributed by atoms with Crippen LogP contribution in [-0.4, -0.2) is 37.1 Å². The summed E-state index contributed by atoms with van der Waals surface area (Å²) in [6.07, 6.45) is 4.95. The minimum atomic E-state index is -3.66. The van der Waals surface area contributed by atoms with E-state index in [0.29, 0.717) is 17.5 Å². The highest BCUT2D eigenvalue weighted by Gasteiger charge is 2.31. The van der Waals surface area contributed by atoms with Crippen LogP contribution >= 0.6 is 0 Å². The third-order valence-corrected chi connectivity index (χ3v) is 8.12. The lowest BCUT2D eigenvalue weighted by Gasteiger charge is -2.32. The minimum Gasteiger partial charge on any atom is -0.449 e. The number of carbonyl (C=O) groups is 2. The smallest absolute Gasteiger partial charge is 0.286 e. The van der Waals surface area contributed by atoms with Gasteiger partial charge >= 0.3 is 0 Å². The maximum absolute atomic E-state index is 13.2. The zero-order valence-electron chi connectivity index (χ0n) is 18.4. The molecule has 2 amide bonds. The molecule has 1 aromatic heterocycles. The van der Waals surface area contributed by atoms with E-state index in [0.717, 1.165) is 32.1 Å². The number of primary amides is 1. The SMILES string of the molecule is CCN(C1CCCCC1)S(=O)(=O)c1ccc(C(=O)Nc2c(C(N)=O)oc3ccccc23)cc1. The van der Waals surface area contributed by atoms with Crippen molar-refractivity contribution >= 4 is 38.5 Å². The molecule has 3 aromatic rings. The van der Waals surface area contributed by atoms with Crippen molar-refractivity contribution in [3.8, 4) is 0 Å². The molecule has 9 heteroatoms. The Balaban J connectivity index is 1.57. The highest BCUT2D eigenvalue weighted by Crippen LogP contribution is 2.31. The zero-order valence-corrected chi connectivity index (χ0v) is 19.2. The Labute approximate surface area is 192 Å². The third-order valence-electron chi connectivity index (χ3n) is 6.07. The number of hydrogen-bond donors (Lipinski definition) is 2.